The van der Waals surface area contributed by atoms with Gasteiger partial charge in [0.25, 0.3) is 11.8 Å². The molecule has 0 saturated carbocycles. The minimum absolute atomic E-state index is 0.0571. The standard InChI is InChI=1S/C26H24N2O3S/c1-18(2)31-22-12-10-21(11-13-22)23-24(32-17-19-7-4-3-5-8-19)26(30)28(25(23)29)16-20-9-6-14-27-15-20/h3-15,18H,16-17H2,1-2H3. The highest BCUT2D eigenvalue weighted by Crippen LogP contribution is 2.38. The number of hydrogen-bond donors (Lipinski definition) is 0. The highest BCUT2D eigenvalue weighted by atomic mass is 32.2. The van der Waals surface area contributed by atoms with E-state index < -0.39 is 0 Å². The van der Waals surface area contributed by atoms with Crippen LogP contribution in [-0.2, 0) is 21.9 Å². The average molecular weight is 445 g/mol. The zero-order chi connectivity index (χ0) is 22.5. The van der Waals surface area contributed by atoms with Crippen LogP contribution in [0.5, 0.6) is 5.75 Å². The number of imide groups is 1. The summed E-state index contributed by atoms with van der Waals surface area (Å²) >= 11 is 1.40. The van der Waals surface area contributed by atoms with E-state index in [9.17, 15) is 9.59 Å². The molecule has 0 atom stereocenters. The molecule has 2 amide bonds. The summed E-state index contributed by atoms with van der Waals surface area (Å²) < 4.78 is 5.72. The third-order valence-electron chi connectivity index (χ3n) is 4.93. The summed E-state index contributed by atoms with van der Waals surface area (Å²) in [6, 6.07) is 20.9. The predicted octanol–water partition coefficient (Wildman–Crippen LogP) is 5.08. The second kappa shape index (κ2) is 9.83. The van der Waals surface area contributed by atoms with Crippen LogP contribution in [0.25, 0.3) is 5.57 Å². The lowest BCUT2D eigenvalue weighted by atomic mass is 10.1. The Morgan fingerprint density at radius 1 is 0.906 bits per heavy atom. The number of benzene rings is 2. The third kappa shape index (κ3) is 4.92. The Kier molecular flexibility index (Phi) is 6.71. The van der Waals surface area contributed by atoms with Crippen molar-refractivity contribution in [3.8, 4) is 5.75 Å². The number of hydrogen-bond acceptors (Lipinski definition) is 5. The van der Waals surface area contributed by atoms with Crippen LogP contribution in [0, 0.1) is 0 Å². The molecule has 0 fully saturated rings. The highest BCUT2D eigenvalue weighted by Gasteiger charge is 2.39. The van der Waals surface area contributed by atoms with Crippen molar-refractivity contribution in [2.45, 2.75) is 32.2 Å². The Morgan fingerprint density at radius 3 is 2.28 bits per heavy atom. The van der Waals surface area contributed by atoms with Crippen LogP contribution in [0.15, 0.2) is 84.0 Å². The number of thioether (sulfide) groups is 1. The largest absolute Gasteiger partial charge is 0.491 e. The first-order valence-corrected chi connectivity index (χ1v) is 11.4. The fraction of sp³-hybridized carbons (Fsp3) is 0.192. The summed E-state index contributed by atoms with van der Waals surface area (Å²) in [5, 5.41) is 0. The summed E-state index contributed by atoms with van der Waals surface area (Å²) in [6.07, 6.45) is 3.40. The highest BCUT2D eigenvalue weighted by molar-refractivity contribution is 8.03. The first-order chi connectivity index (χ1) is 15.5. The van der Waals surface area contributed by atoms with Crippen molar-refractivity contribution in [2.24, 2.45) is 0 Å². The van der Waals surface area contributed by atoms with Gasteiger partial charge in [-0.3, -0.25) is 19.5 Å². The Bertz CT molecular complexity index is 1130. The van der Waals surface area contributed by atoms with Gasteiger partial charge in [-0.15, -0.1) is 11.8 Å². The maximum absolute atomic E-state index is 13.4. The molecule has 1 aliphatic heterocycles. The number of carbonyl (C=O) groups excluding carboxylic acids is 2. The van der Waals surface area contributed by atoms with Crippen LogP contribution < -0.4 is 4.74 Å². The number of rotatable bonds is 8. The summed E-state index contributed by atoms with van der Waals surface area (Å²) in [5.74, 6) is 0.782. The number of ether oxygens (including phenoxy) is 1. The molecule has 6 heteroatoms. The van der Waals surface area contributed by atoms with Crippen LogP contribution in [0.1, 0.15) is 30.5 Å². The molecule has 3 aromatic rings. The number of aromatic nitrogens is 1. The molecular weight excluding hydrogens is 420 g/mol. The summed E-state index contributed by atoms with van der Waals surface area (Å²) in [4.78, 5) is 32.6. The Morgan fingerprint density at radius 2 is 1.62 bits per heavy atom. The van der Waals surface area contributed by atoms with Gasteiger partial charge < -0.3 is 4.74 Å². The lowest BCUT2D eigenvalue weighted by molar-refractivity contribution is -0.137. The van der Waals surface area contributed by atoms with E-state index in [1.807, 2.05) is 74.5 Å². The van der Waals surface area contributed by atoms with E-state index in [1.54, 1.807) is 18.5 Å². The number of amides is 2. The van der Waals surface area contributed by atoms with Gasteiger partial charge in [0.15, 0.2) is 0 Å². The van der Waals surface area contributed by atoms with Gasteiger partial charge in [0.2, 0.25) is 0 Å². The molecule has 1 aromatic heterocycles. The average Bonchev–Trinajstić information content (AvgIpc) is 3.03. The van der Waals surface area contributed by atoms with Crippen molar-refractivity contribution < 1.29 is 14.3 Å². The van der Waals surface area contributed by atoms with Crippen LogP contribution in [-0.4, -0.2) is 27.8 Å². The monoisotopic (exact) mass is 444 g/mol. The van der Waals surface area contributed by atoms with E-state index in [0.717, 1.165) is 16.9 Å². The molecule has 0 spiro atoms. The van der Waals surface area contributed by atoms with Gasteiger partial charge in [-0.1, -0.05) is 48.5 Å². The third-order valence-corrected chi connectivity index (χ3v) is 6.07. The van der Waals surface area contributed by atoms with E-state index in [1.165, 1.54) is 16.7 Å². The van der Waals surface area contributed by atoms with Gasteiger partial charge in [-0.2, -0.15) is 0 Å². The van der Waals surface area contributed by atoms with Gasteiger partial charge in [0.1, 0.15) is 5.75 Å². The molecule has 2 heterocycles. The van der Waals surface area contributed by atoms with Crippen LogP contribution in [0.4, 0.5) is 0 Å². The zero-order valence-corrected chi connectivity index (χ0v) is 18.8. The molecule has 1 aliphatic rings. The predicted molar refractivity (Wildman–Crippen MR) is 127 cm³/mol. The molecule has 0 aliphatic carbocycles. The van der Waals surface area contributed by atoms with Crippen molar-refractivity contribution in [3.05, 3.63) is 101 Å². The molecule has 0 radical (unpaired) electrons. The maximum atomic E-state index is 13.4. The first-order valence-electron chi connectivity index (χ1n) is 10.5. The normalized spacial score (nSPS) is 13.9. The first kappa shape index (κ1) is 21.8. The second-order valence-electron chi connectivity index (χ2n) is 7.73. The van der Waals surface area contributed by atoms with E-state index >= 15 is 0 Å². The maximum Gasteiger partial charge on any atom is 0.268 e. The topological polar surface area (TPSA) is 59.5 Å². The summed E-state index contributed by atoms with van der Waals surface area (Å²) in [7, 11) is 0. The second-order valence-corrected chi connectivity index (χ2v) is 8.71. The van der Waals surface area contributed by atoms with Crippen LogP contribution in [0.2, 0.25) is 0 Å². The van der Waals surface area contributed by atoms with Crippen molar-refractivity contribution in [3.63, 3.8) is 0 Å². The zero-order valence-electron chi connectivity index (χ0n) is 18.0. The molecule has 2 aromatic carbocycles. The Labute approximate surface area is 192 Å². The quantitative estimate of drug-likeness (QED) is 0.454. The number of nitrogens with zero attached hydrogens (tertiary/aromatic N) is 2. The van der Waals surface area contributed by atoms with Gasteiger partial charge in [0.05, 0.1) is 23.1 Å². The van der Waals surface area contributed by atoms with E-state index in [2.05, 4.69) is 4.98 Å². The van der Waals surface area contributed by atoms with Crippen molar-refractivity contribution in [2.75, 3.05) is 0 Å². The van der Waals surface area contributed by atoms with E-state index in [4.69, 9.17) is 4.74 Å². The molecule has 32 heavy (non-hydrogen) atoms. The van der Waals surface area contributed by atoms with Crippen molar-refractivity contribution >= 4 is 29.1 Å². The fourth-order valence-electron chi connectivity index (χ4n) is 3.46. The molecule has 5 nitrogen and oxygen atoms in total. The molecule has 162 valence electrons. The molecule has 0 unspecified atom stereocenters. The minimum atomic E-state index is -0.285. The molecule has 0 N–H and O–H groups in total. The lowest BCUT2D eigenvalue weighted by Crippen LogP contribution is -2.31. The SMILES string of the molecule is CC(C)Oc1ccc(C2=C(SCc3ccccc3)C(=O)N(Cc3cccnc3)C2=O)cc1. The Balaban J connectivity index is 1.65. The van der Waals surface area contributed by atoms with E-state index in [-0.39, 0.29) is 24.5 Å². The van der Waals surface area contributed by atoms with Crippen LogP contribution in [0.3, 0.4) is 0 Å². The van der Waals surface area contributed by atoms with Crippen molar-refractivity contribution in [1.29, 1.82) is 0 Å². The lowest BCUT2D eigenvalue weighted by Gasteiger charge is -2.15. The van der Waals surface area contributed by atoms with Gasteiger partial charge in [0, 0.05) is 18.1 Å². The van der Waals surface area contributed by atoms with Crippen LogP contribution >= 0.6 is 11.8 Å². The fourth-order valence-corrected chi connectivity index (χ4v) is 4.55. The molecular formula is C26H24N2O3S. The van der Waals surface area contributed by atoms with Gasteiger partial charge in [-0.25, -0.2) is 0 Å². The Hall–Kier alpha value is -3.38. The number of carbonyl (C=O) groups is 2. The summed E-state index contributed by atoms with van der Waals surface area (Å²) in [5.41, 5.74) is 3.05. The number of pyridine rings is 1. The molecule has 4 rings (SSSR count). The summed E-state index contributed by atoms with van der Waals surface area (Å²) in [6.45, 7) is 4.12. The van der Waals surface area contributed by atoms with Crippen molar-refractivity contribution in [1.82, 2.24) is 9.88 Å². The van der Waals surface area contributed by atoms with Gasteiger partial charge >= 0.3 is 0 Å². The minimum Gasteiger partial charge on any atom is -0.491 e. The van der Waals surface area contributed by atoms with Gasteiger partial charge in [-0.05, 0) is 48.7 Å². The molecule has 0 bridgehead atoms. The van der Waals surface area contributed by atoms with E-state index in [0.29, 0.717) is 21.8 Å². The molecule has 0 saturated heterocycles. The smallest absolute Gasteiger partial charge is 0.268 e.